The molecule has 1 fully saturated rings. The van der Waals surface area contributed by atoms with E-state index in [2.05, 4.69) is 0 Å². The lowest BCUT2D eigenvalue weighted by molar-refractivity contribution is -0.127. The summed E-state index contributed by atoms with van der Waals surface area (Å²) in [5, 5.41) is 0. The summed E-state index contributed by atoms with van der Waals surface area (Å²) in [6, 6.07) is 3.63. The lowest BCUT2D eigenvalue weighted by Gasteiger charge is -2.30. The number of amides is 1. The van der Waals surface area contributed by atoms with Crippen LogP contribution in [0.5, 0.6) is 17.2 Å². The van der Waals surface area contributed by atoms with Gasteiger partial charge in [0.25, 0.3) is 0 Å². The van der Waals surface area contributed by atoms with Crippen molar-refractivity contribution in [3.8, 4) is 17.2 Å². The van der Waals surface area contributed by atoms with Crippen LogP contribution in [0.25, 0.3) is 6.08 Å². The normalized spacial score (nSPS) is 15.4. The van der Waals surface area contributed by atoms with Crippen LogP contribution in [0.2, 0.25) is 0 Å². The van der Waals surface area contributed by atoms with Crippen LogP contribution in [0.1, 0.15) is 18.4 Å². The highest BCUT2D eigenvalue weighted by Crippen LogP contribution is 2.38. The maximum atomic E-state index is 12.4. The molecule has 1 amide bonds. The highest BCUT2D eigenvalue weighted by atomic mass is 16.5. The van der Waals surface area contributed by atoms with E-state index in [4.69, 9.17) is 18.9 Å². The molecule has 0 aromatic heterocycles. The fourth-order valence-electron chi connectivity index (χ4n) is 3.03. The number of methoxy groups -OCH3 is 4. The first kappa shape index (κ1) is 19.1. The summed E-state index contributed by atoms with van der Waals surface area (Å²) in [6.45, 7) is 2.31. The number of ether oxygens (including phenoxy) is 4. The molecule has 1 aliphatic rings. The molecule has 0 atom stereocenters. The number of rotatable bonds is 7. The molecule has 0 spiro atoms. The van der Waals surface area contributed by atoms with Crippen LogP contribution in [0.15, 0.2) is 18.2 Å². The molecule has 25 heavy (non-hydrogen) atoms. The van der Waals surface area contributed by atoms with Crippen LogP contribution in [-0.2, 0) is 9.53 Å². The number of hydrogen-bond acceptors (Lipinski definition) is 5. The summed E-state index contributed by atoms with van der Waals surface area (Å²) < 4.78 is 21.2. The van der Waals surface area contributed by atoms with E-state index in [9.17, 15) is 4.79 Å². The second kappa shape index (κ2) is 9.32. The summed E-state index contributed by atoms with van der Waals surface area (Å²) in [7, 11) is 6.42. The van der Waals surface area contributed by atoms with Crippen molar-refractivity contribution in [1.82, 2.24) is 4.90 Å². The molecule has 1 aromatic rings. The van der Waals surface area contributed by atoms with Crippen molar-refractivity contribution < 1.29 is 23.7 Å². The molecule has 0 aliphatic carbocycles. The second-order valence-electron chi connectivity index (χ2n) is 6.02. The van der Waals surface area contributed by atoms with Crippen LogP contribution >= 0.6 is 0 Å². The predicted octanol–water partition coefficient (Wildman–Crippen LogP) is 2.61. The Kier molecular flexibility index (Phi) is 7.13. The van der Waals surface area contributed by atoms with E-state index < -0.39 is 0 Å². The standard InChI is InChI=1S/C19H27NO5/c1-22-13-14-7-9-20(10-8-14)18(21)6-5-15-11-16(23-2)19(25-4)17(12-15)24-3/h5-6,11-12,14H,7-10,13H2,1-4H3/b6-5+. The fraction of sp³-hybridized carbons (Fsp3) is 0.526. The van der Waals surface area contributed by atoms with E-state index >= 15 is 0 Å². The average Bonchev–Trinajstić information content (AvgIpc) is 2.65. The Hall–Kier alpha value is -2.21. The zero-order valence-electron chi connectivity index (χ0n) is 15.4. The number of carbonyl (C=O) groups is 1. The van der Waals surface area contributed by atoms with E-state index in [0.717, 1.165) is 38.1 Å². The zero-order chi connectivity index (χ0) is 18.2. The molecule has 0 unspecified atom stereocenters. The van der Waals surface area contributed by atoms with Crippen LogP contribution in [-0.4, -0.2) is 58.9 Å². The summed E-state index contributed by atoms with van der Waals surface area (Å²) in [6.07, 6.45) is 5.33. The van der Waals surface area contributed by atoms with Crippen molar-refractivity contribution in [1.29, 1.82) is 0 Å². The van der Waals surface area contributed by atoms with Gasteiger partial charge in [0.1, 0.15) is 0 Å². The molecular formula is C19H27NO5. The van der Waals surface area contributed by atoms with Crippen molar-refractivity contribution in [3.63, 3.8) is 0 Å². The van der Waals surface area contributed by atoms with E-state index in [0.29, 0.717) is 23.2 Å². The highest BCUT2D eigenvalue weighted by molar-refractivity contribution is 5.92. The first-order valence-corrected chi connectivity index (χ1v) is 8.38. The van der Waals surface area contributed by atoms with Gasteiger partial charge in [0.15, 0.2) is 11.5 Å². The Morgan fingerprint density at radius 2 is 1.68 bits per heavy atom. The van der Waals surface area contributed by atoms with Crippen molar-refractivity contribution in [3.05, 3.63) is 23.8 Å². The quantitative estimate of drug-likeness (QED) is 0.708. The van der Waals surface area contributed by atoms with Crippen LogP contribution < -0.4 is 14.2 Å². The third-order valence-corrected chi connectivity index (χ3v) is 4.43. The van der Waals surface area contributed by atoms with Crippen LogP contribution in [0.3, 0.4) is 0 Å². The largest absolute Gasteiger partial charge is 0.493 e. The van der Waals surface area contributed by atoms with Gasteiger partial charge in [0, 0.05) is 32.9 Å². The Labute approximate surface area is 149 Å². The molecule has 2 rings (SSSR count). The van der Waals surface area contributed by atoms with Gasteiger partial charge >= 0.3 is 0 Å². The minimum atomic E-state index is 0.0182. The Morgan fingerprint density at radius 3 is 2.16 bits per heavy atom. The van der Waals surface area contributed by atoms with E-state index in [1.165, 1.54) is 0 Å². The maximum Gasteiger partial charge on any atom is 0.246 e. The van der Waals surface area contributed by atoms with Crippen molar-refractivity contribution in [2.75, 3.05) is 48.1 Å². The molecule has 1 heterocycles. The summed E-state index contributed by atoms with van der Waals surface area (Å²) in [4.78, 5) is 14.3. The van der Waals surface area contributed by atoms with Gasteiger partial charge in [-0.05, 0) is 42.5 Å². The van der Waals surface area contributed by atoms with Gasteiger partial charge in [-0.1, -0.05) is 0 Å². The molecule has 0 saturated carbocycles. The topological polar surface area (TPSA) is 57.2 Å². The molecule has 1 aliphatic heterocycles. The number of benzene rings is 1. The van der Waals surface area contributed by atoms with E-state index in [-0.39, 0.29) is 5.91 Å². The summed E-state index contributed by atoms with van der Waals surface area (Å²) >= 11 is 0. The van der Waals surface area contributed by atoms with Gasteiger partial charge in [0.2, 0.25) is 11.7 Å². The maximum absolute atomic E-state index is 12.4. The number of hydrogen-bond donors (Lipinski definition) is 0. The average molecular weight is 349 g/mol. The lowest BCUT2D eigenvalue weighted by atomic mass is 9.98. The van der Waals surface area contributed by atoms with E-state index in [1.807, 2.05) is 17.0 Å². The molecule has 0 N–H and O–H groups in total. The van der Waals surface area contributed by atoms with Crippen molar-refractivity contribution >= 4 is 12.0 Å². The van der Waals surface area contributed by atoms with Gasteiger partial charge < -0.3 is 23.8 Å². The molecule has 0 bridgehead atoms. The number of likely N-dealkylation sites (tertiary alicyclic amines) is 1. The predicted molar refractivity (Wildman–Crippen MR) is 96.3 cm³/mol. The molecular weight excluding hydrogens is 322 g/mol. The Morgan fingerprint density at radius 1 is 1.08 bits per heavy atom. The van der Waals surface area contributed by atoms with Crippen LogP contribution in [0, 0.1) is 5.92 Å². The van der Waals surface area contributed by atoms with Gasteiger partial charge in [0.05, 0.1) is 21.3 Å². The minimum Gasteiger partial charge on any atom is -0.493 e. The molecule has 1 saturated heterocycles. The number of nitrogens with zero attached hydrogens (tertiary/aromatic N) is 1. The molecule has 6 nitrogen and oxygen atoms in total. The van der Waals surface area contributed by atoms with Crippen LogP contribution in [0.4, 0.5) is 0 Å². The molecule has 138 valence electrons. The summed E-state index contributed by atoms with van der Waals surface area (Å²) in [5.41, 5.74) is 0.817. The van der Waals surface area contributed by atoms with Crippen molar-refractivity contribution in [2.45, 2.75) is 12.8 Å². The first-order valence-electron chi connectivity index (χ1n) is 8.38. The smallest absolute Gasteiger partial charge is 0.246 e. The van der Waals surface area contributed by atoms with Crippen molar-refractivity contribution in [2.24, 2.45) is 5.92 Å². The summed E-state index contributed by atoms with van der Waals surface area (Å²) in [5.74, 6) is 2.23. The van der Waals surface area contributed by atoms with Gasteiger partial charge in [-0.15, -0.1) is 0 Å². The molecule has 1 aromatic carbocycles. The highest BCUT2D eigenvalue weighted by Gasteiger charge is 2.21. The SMILES string of the molecule is COCC1CCN(C(=O)/C=C/c2cc(OC)c(OC)c(OC)c2)CC1. The van der Waals surface area contributed by atoms with Gasteiger partial charge in [-0.3, -0.25) is 4.79 Å². The fourth-order valence-corrected chi connectivity index (χ4v) is 3.03. The second-order valence-corrected chi connectivity index (χ2v) is 6.02. The van der Waals surface area contributed by atoms with Gasteiger partial charge in [-0.25, -0.2) is 0 Å². The third-order valence-electron chi connectivity index (χ3n) is 4.43. The Balaban J connectivity index is 2.05. The van der Waals surface area contributed by atoms with Gasteiger partial charge in [-0.2, -0.15) is 0 Å². The molecule has 0 radical (unpaired) electrons. The monoisotopic (exact) mass is 349 g/mol. The number of carbonyl (C=O) groups excluding carboxylic acids is 1. The Bertz CT molecular complexity index is 581. The zero-order valence-corrected chi connectivity index (χ0v) is 15.4. The first-order chi connectivity index (χ1) is 12.1. The van der Waals surface area contributed by atoms with E-state index in [1.54, 1.807) is 40.6 Å². The third kappa shape index (κ3) is 4.89. The lowest BCUT2D eigenvalue weighted by Crippen LogP contribution is -2.38. The molecule has 6 heteroatoms. The minimum absolute atomic E-state index is 0.0182. The number of piperidine rings is 1.